The number of carbonyl (C=O) groups is 5. The van der Waals surface area contributed by atoms with Crippen LogP contribution in [-0.2, 0) is 52.4 Å². The van der Waals surface area contributed by atoms with Crippen LogP contribution in [0.2, 0.25) is 0 Å². The van der Waals surface area contributed by atoms with Gasteiger partial charge in [0.2, 0.25) is 0 Å². The summed E-state index contributed by atoms with van der Waals surface area (Å²) in [6, 6.07) is 0. The van der Waals surface area contributed by atoms with Gasteiger partial charge in [0.15, 0.2) is 6.10 Å². The zero-order valence-electron chi connectivity index (χ0n) is 29.6. The van der Waals surface area contributed by atoms with E-state index in [0.29, 0.717) is 0 Å². The second-order valence-electron chi connectivity index (χ2n) is 13.1. The highest BCUT2D eigenvalue weighted by Gasteiger charge is 2.46. The molecule has 1 saturated heterocycles. The highest BCUT2D eigenvalue weighted by Crippen LogP contribution is 2.37. The first kappa shape index (κ1) is 39.7. The average molecular weight is 663 g/mol. The average Bonchev–Trinajstić information content (AvgIpc) is 3.72. The van der Waals surface area contributed by atoms with Crippen molar-refractivity contribution in [3.05, 3.63) is 36.0 Å². The molecule has 0 radical (unpaired) electrons. The van der Waals surface area contributed by atoms with Crippen LogP contribution in [0.4, 0.5) is 0 Å². The molecule has 0 aromatic rings. The van der Waals surface area contributed by atoms with Gasteiger partial charge in [0.1, 0.15) is 23.9 Å². The van der Waals surface area contributed by atoms with Gasteiger partial charge in [-0.3, -0.25) is 24.0 Å². The first-order valence-corrected chi connectivity index (χ1v) is 16.5. The van der Waals surface area contributed by atoms with E-state index in [4.69, 9.17) is 28.4 Å². The Morgan fingerprint density at radius 2 is 1.66 bits per heavy atom. The zero-order chi connectivity index (χ0) is 35.5. The molecule has 2 heterocycles. The number of cyclic esters (lactones) is 1. The van der Waals surface area contributed by atoms with E-state index < -0.39 is 47.8 Å². The number of carbonyl (C=O) groups excluding carboxylic acids is 5. The molecular weight excluding hydrogens is 608 g/mol. The van der Waals surface area contributed by atoms with Crippen molar-refractivity contribution in [3.8, 4) is 0 Å². The van der Waals surface area contributed by atoms with E-state index in [2.05, 4.69) is 13.0 Å². The van der Waals surface area contributed by atoms with Gasteiger partial charge < -0.3 is 28.4 Å². The van der Waals surface area contributed by atoms with Crippen LogP contribution < -0.4 is 0 Å². The smallest absolute Gasteiger partial charge is 0.310 e. The van der Waals surface area contributed by atoms with Crippen molar-refractivity contribution in [2.45, 2.75) is 144 Å². The minimum atomic E-state index is -1.28. The molecule has 0 bridgehead atoms. The SMILES string of the molecule is CCC(OC(C)=O)C(C)C1OC1CC(C)C=CC=C(C)C1OC(=O)CC(OC(C)=O)CCC(C)(OC(C)=O)C(OC(C)=O)C=CC1C. The largest absolute Gasteiger partial charge is 0.462 e. The fourth-order valence-electron chi connectivity index (χ4n) is 6.11. The Bertz CT molecular complexity index is 1200. The number of ether oxygens (including phenoxy) is 6. The lowest BCUT2D eigenvalue weighted by Crippen LogP contribution is -2.46. The summed E-state index contributed by atoms with van der Waals surface area (Å²) in [6.07, 6.45) is 8.47. The predicted octanol–water partition coefficient (Wildman–Crippen LogP) is 5.73. The maximum atomic E-state index is 13.1. The van der Waals surface area contributed by atoms with Gasteiger partial charge >= 0.3 is 29.8 Å². The Morgan fingerprint density at radius 1 is 1.00 bits per heavy atom. The molecule has 0 spiro atoms. The van der Waals surface area contributed by atoms with E-state index in [1.807, 2.05) is 39.8 Å². The minimum absolute atomic E-state index is 0.0463. The van der Waals surface area contributed by atoms with Crippen LogP contribution in [0.15, 0.2) is 36.0 Å². The van der Waals surface area contributed by atoms with Crippen molar-refractivity contribution in [1.82, 2.24) is 0 Å². The van der Waals surface area contributed by atoms with Gasteiger partial charge in [-0.05, 0) is 57.1 Å². The molecule has 0 N–H and O–H groups in total. The highest BCUT2D eigenvalue weighted by atomic mass is 16.6. The van der Waals surface area contributed by atoms with Gasteiger partial charge in [-0.1, -0.05) is 52.0 Å². The van der Waals surface area contributed by atoms with Crippen LogP contribution in [0.1, 0.15) is 101 Å². The standard InChI is InChI=1S/C36H54O11/c1-11-30(43-26(7)38)24(5)35-31(45-35)19-21(2)13-12-14-22(3)34-23(4)15-16-32(44-27(8)39)36(10,47-28(9)40)18-17-29(42-25(6)37)20-33(41)46-34/h12-16,21,23-24,29-32,34-35H,11,17-20H2,1-10H3. The lowest BCUT2D eigenvalue weighted by Gasteiger charge is -2.36. The maximum Gasteiger partial charge on any atom is 0.310 e. The quantitative estimate of drug-likeness (QED) is 0.0830. The first-order valence-electron chi connectivity index (χ1n) is 16.5. The fraction of sp³-hybridized carbons (Fsp3) is 0.694. The van der Waals surface area contributed by atoms with E-state index in [9.17, 15) is 24.0 Å². The molecule has 0 aromatic heterocycles. The monoisotopic (exact) mass is 662 g/mol. The number of hydrogen-bond acceptors (Lipinski definition) is 11. The molecule has 264 valence electrons. The lowest BCUT2D eigenvalue weighted by atomic mass is 9.88. The summed E-state index contributed by atoms with van der Waals surface area (Å²) in [5, 5.41) is 0. The molecule has 2 aliphatic heterocycles. The molecule has 0 aromatic carbocycles. The number of epoxide rings is 1. The van der Waals surface area contributed by atoms with Crippen molar-refractivity contribution in [2.24, 2.45) is 17.8 Å². The second-order valence-corrected chi connectivity index (χ2v) is 13.1. The van der Waals surface area contributed by atoms with E-state index >= 15 is 0 Å². The van der Waals surface area contributed by atoms with E-state index in [0.717, 1.165) is 18.4 Å². The summed E-state index contributed by atoms with van der Waals surface area (Å²) >= 11 is 0. The predicted molar refractivity (Wildman–Crippen MR) is 174 cm³/mol. The van der Waals surface area contributed by atoms with E-state index in [-0.39, 0.29) is 61.3 Å². The first-order chi connectivity index (χ1) is 21.9. The van der Waals surface area contributed by atoms with E-state index in [1.54, 1.807) is 19.1 Å². The summed E-state index contributed by atoms with van der Waals surface area (Å²) in [5.41, 5.74) is -0.512. The lowest BCUT2D eigenvalue weighted by molar-refractivity contribution is -0.179. The molecule has 0 amide bonds. The van der Waals surface area contributed by atoms with Crippen LogP contribution >= 0.6 is 0 Å². The Morgan fingerprint density at radius 3 is 2.23 bits per heavy atom. The Labute approximate surface area is 279 Å². The molecule has 10 unspecified atom stereocenters. The van der Waals surface area contributed by atoms with Crippen molar-refractivity contribution in [2.75, 3.05) is 0 Å². The van der Waals surface area contributed by atoms with Crippen LogP contribution in [0.5, 0.6) is 0 Å². The summed E-state index contributed by atoms with van der Waals surface area (Å²) in [7, 11) is 0. The van der Waals surface area contributed by atoms with Gasteiger partial charge in [-0.2, -0.15) is 0 Å². The number of esters is 5. The molecule has 10 atom stereocenters. The van der Waals surface area contributed by atoms with Crippen molar-refractivity contribution in [1.29, 1.82) is 0 Å². The third-order valence-electron chi connectivity index (χ3n) is 8.58. The molecule has 1 fully saturated rings. The summed E-state index contributed by atoms with van der Waals surface area (Å²) in [5.74, 6) is -2.58. The number of allylic oxidation sites excluding steroid dienone is 3. The van der Waals surface area contributed by atoms with Gasteiger partial charge in [0, 0.05) is 39.5 Å². The molecule has 11 heteroatoms. The molecule has 2 rings (SSSR count). The van der Waals surface area contributed by atoms with Crippen LogP contribution in [0, 0.1) is 17.8 Å². The van der Waals surface area contributed by atoms with Crippen molar-refractivity contribution >= 4 is 29.8 Å². The molecule has 47 heavy (non-hydrogen) atoms. The highest BCUT2D eigenvalue weighted by molar-refractivity contribution is 5.72. The Balaban J connectivity index is 2.26. The number of rotatable bonds is 12. The minimum Gasteiger partial charge on any atom is -0.462 e. The summed E-state index contributed by atoms with van der Waals surface area (Å²) < 4.78 is 34.0. The van der Waals surface area contributed by atoms with Gasteiger partial charge in [0.25, 0.3) is 0 Å². The van der Waals surface area contributed by atoms with Crippen LogP contribution in [0.25, 0.3) is 0 Å². The number of hydrogen-bond donors (Lipinski definition) is 0. The summed E-state index contributed by atoms with van der Waals surface area (Å²) in [6.45, 7) is 16.7. The van der Waals surface area contributed by atoms with Crippen molar-refractivity contribution < 1.29 is 52.4 Å². The van der Waals surface area contributed by atoms with Crippen LogP contribution in [-0.4, -0.2) is 72.1 Å². The van der Waals surface area contributed by atoms with Gasteiger partial charge in [-0.15, -0.1) is 0 Å². The Kier molecular flexibility index (Phi) is 15.4. The van der Waals surface area contributed by atoms with Gasteiger partial charge in [0.05, 0.1) is 18.6 Å². The molecule has 11 nitrogen and oxygen atoms in total. The van der Waals surface area contributed by atoms with Crippen LogP contribution in [0.3, 0.4) is 0 Å². The maximum absolute atomic E-state index is 13.1. The second kappa shape index (κ2) is 18.2. The molecular formula is C36H54O11. The third-order valence-corrected chi connectivity index (χ3v) is 8.58. The topological polar surface area (TPSA) is 144 Å². The normalized spacial score (nSPS) is 30.5. The van der Waals surface area contributed by atoms with Gasteiger partial charge in [-0.25, -0.2) is 0 Å². The molecule has 0 aliphatic carbocycles. The third kappa shape index (κ3) is 13.3. The van der Waals surface area contributed by atoms with E-state index in [1.165, 1.54) is 27.7 Å². The Hall–Kier alpha value is -3.47. The van der Waals surface area contributed by atoms with Crippen molar-refractivity contribution in [3.63, 3.8) is 0 Å². The molecule has 2 aliphatic rings. The molecule has 0 saturated carbocycles. The zero-order valence-corrected chi connectivity index (χ0v) is 29.6. The summed E-state index contributed by atoms with van der Waals surface area (Å²) in [4.78, 5) is 60.6. The fourth-order valence-corrected chi connectivity index (χ4v) is 6.11.